The number of nitrogens with one attached hydrogen (secondary N) is 1. The third-order valence-electron chi connectivity index (χ3n) is 3.47. The fourth-order valence-electron chi connectivity index (χ4n) is 2.10. The molecular weight excluding hydrogens is 482 g/mol. The first-order valence-electron chi connectivity index (χ1n) is 9.33. The van der Waals surface area contributed by atoms with Crippen LogP contribution in [0.2, 0.25) is 5.02 Å². The molecule has 0 bridgehead atoms. The topological polar surface area (TPSA) is 109 Å². The molecule has 32 heavy (non-hydrogen) atoms. The highest BCUT2D eigenvalue weighted by Crippen LogP contribution is 2.65. The minimum absolute atomic E-state index is 0.238. The Balaban J connectivity index is 3.75. The number of alkyl halides is 3. The van der Waals surface area contributed by atoms with Crippen molar-refractivity contribution >= 4 is 31.1 Å². The molecule has 0 aliphatic rings. The van der Waals surface area contributed by atoms with Crippen molar-refractivity contribution in [3.05, 3.63) is 34.9 Å². The number of ether oxygens (including phenoxy) is 1. The van der Waals surface area contributed by atoms with Gasteiger partial charge in [0.2, 0.25) is 0 Å². The quantitative estimate of drug-likeness (QED) is 0.198. The van der Waals surface area contributed by atoms with Gasteiger partial charge in [-0.2, -0.15) is 13.2 Å². The Morgan fingerprint density at radius 2 is 1.56 bits per heavy atom. The van der Waals surface area contributed by atoms with Crippen molar-refractivity contribution in [3.8, 4) is 0 Å². The van der Waals surface area contributed by atoms with Crippen LogP contribution in [-0.2, 0) is 33.2 Å². The Labute approximate surface area is 187 Å². The standard InChI is InChI=1S/C18H24ClF3NO8P/c1-6-27-16(25)17(18(20,21)22,23-15(24)13-9-7-8-10-14(13)19)32(26,30-28-11(2)3)31-29-12(4)5/h7-12H,6H2,1-5H3,(H,23,24). The molecule has 1 aromatic carbocycles. The molecule has 0 aliphatic heterocycles. The predicted molar refractivity (Wildman–Crippen MR) is 107 cm³/mol. The minimum atomic E-state index is -5.88. The van der Waals surface area contributed by atoms with Gasteiger partial charge in [0.1, 0.15) is 0 Å². The van der Waals surface area contributed by atoms with E-state index in [9.17, 15) is 27.3 Å². The highest BCUT2D eigenvalue weighted by Gasteiger charge is 2.77. The number of hydrogen-bond acceptors (Lipinski definition) is 8. The van der Waals surface area contributed by atoms with Gasteiger partial charge < -0.3 is 10.1 Å². The highest BCUT2D eigenvalue weighted by atomic mass is 35.5. The Morgan fingerprint density at radius 1 is 1.06 bits per heavy atom. The summed E-state index contributed by atoms with van der Waals surface area (Å²) in [7, 11) is -5.88. The van der Waals surface area contributed by atoms with Gasteiger partial charge in [-0.25, -0.2) is 14.6 Å². The van der Waals surface area contributed by atoms with E-state index in [0.717, 1.165) is 6.07 Å². The molecule has 182 valence electrons. The molecule has 0 aromatic heterocycles. The number of esters is 1. The molecule has 0 saturated carbocycles. The van der Waals surface area contributed by atoms with Crippen LogP contribution in [-0.4, -0.2) is 42.1 Å². The normalized spacial score (nSPS) is 14.3. The molecule has 14 heteroatoms. The van der Waals surface area contributed by atoms with Crippen molar-refractivity contribution in [2.75, 3.05) is 6.61 Å². The summed E-state index contributed by atoms with van der Waals surface area (Å²) in [6, 6.07) is 5.06. The maximum absolute atomic E-state index is 14.5. The van der Waals surface area contributed by atoms with E-state index in [4.69, 9.17) is 11.6 Å². The van der Waals surface area contributed by atoms with Crippen molar-refractivity contribution < 1.29 is 51.2 Å². The summed E-state index contributed by atoms with van der Waals surface area (Å²) in [6.45, 7) is 6.02. The van der Waals surface area contributed by atoms with Crippen molar-refractivity contribution in [3.63, 3.8) is 0 Å². The molecule has 1 unspecified atom stereocenters. The third-order valence-corrected chi connectivity index (χ3v) is 5.74. The number of benzene rings is 1. The van der Waals surface area contributed by atoms with E-state index in [0.29, 0.717) is 0 Å². The van der Waals surface area contributed by atoms with Gasteiger partial charge in [-0.1, -0.05) is 23.7 Å². The molecule has 9 nitrogen and oxygen atoms in total. The summed E-state index contributed by atoms with van der Waals surface area (Å²) in [5.41, 5.74) is -0.451. The van der Waals surface area contributed by atoms with Gasteiger partial charge in [0.25, 0.3) is 5.91 Å². The maximum Gasteiger partial charge on any atom is 0.434 e. The smallest absolute Gasteiger partial charge is 0.434 e. The molecule has 1 amide bonds. The number of amides is 1. The van der Waals surface area contributed by atoms with E-state index >= 15 is 0 Å². The number of carbonyl (C=O) groups excluding carboxylic acids is 2. The Morgan fingerprint density at radius 3 is 1.97 bits per heavy atom. The molecule has 0 fully saturated rings. The second kappa shape index (κ2) is 11.4. The molecule has 0 heterocycles. The lowest BCUT2D eigenvalue weighted by Crippen LogP contribution is -2.64. The van der Waals surface area contributed by atoms with Crippen LogP contribution < -0.4 is 5.32 Å². The Bertz CT molecular complexity index is 836. The largest absolute Gasteiger partial charge is 0.463 e. The molecule has 1 rings (SSSR count). The van der Waals surface area contributed by atoms with Crippen LogP contribution in [0.4, 0.5) is 13.2 Å². The lowest BCUT2D eigenvalue weighted by molar-refractivity contribution is -0.302. The lowest BCUT2D eigenvalue weighted by Gasteiger charge is -2.37. The zero-order chi connectivity index (χ0) is 24.7. The van der Waals surface area contributed by atoms with Crippen LogP contribution in [0.1, 0.15) is 45.0 Å². The van der Waals surface area contributed by atoms with Crippen LogP contribution in [0.15, 0.2) is 24.3 Å². The van der Waals surface area contributed by atoms with Gasteiger partial charge in [0.15, 0.2) is 0 Å². The first-order valence-corrected chi connectivity index (χ1v) is 11.2. The van der Waals surface area contributed by atoms with Crippen molar-refractivity contribution in [2.45, 2.75) is 58.3 Å². The SMILES string of the molecule is CCOC(=O)C(NC(=O)c1ccccc1Cl)(C(F)(F)F)P(=O)(OOC(C)C)OOC(C)C. The average molecular weight is 506 g/mol. The van der Waals surface area contributed by atoms with E-state index in [1.807, 2.05) is 0 Å². The molecule has 0 radical (unpaired) electrons. The summed E-state index contributed by atoms with van der Waals surface area (Å²) in [5, 5.41) is -3.20. The number of halogens is 4. The molecule has 1 aromatic rings. The van der Waals surface area contributed by atoms with Crippen LogP contribution in [0.3, 0.4) is 0 Å². The summed E-state index contributed by atoms with van der Waals surface area (Å²) in [4.78, 5) is 34.7. The molecule has 0 aliphatic carbocycles. The Kier molecular flexibility index (Phi) is 10.1. The van der Waals surface area contributed by atoms with Crippen molar-refractivity contribution in [1.82, 2.24) is 5.32 Å². The monoisotopic (exact) mass is 505 g/mol. The fraction of sp³-hybridized carbons (Fsp3) is 0.556. The second-order valence-corrected chi connectivity index (χ2v) is 9.17. The van der Waals surface area contributed by atoms with Crippen LogP contribution in [0.5, 0.6) is 0 Å². The number of hydrogen-bond donors (Lipinski definition) is 1. The van der Waals surface area contributed by atoms with E-state index in [1.54, 1.807) is 0 Å². The van der Waals surface area contributed by atoms with Gasteiger partial charge in [-0.05, 0) is 46.8 Å². The first-order chi connectivity index (χ1) is 14.7. The van der Waals surface area contributed by atoms with E-state index in [2.05, 4.69) is 23.9 Å². The first kappa shape index (κ1) is 28.3. The summed E-state index contributed by atoms with van der Waals surface area (Å²) >= 11 is 5.88. The maximum atomic E-state index is 14.5. The second-order valence-electron chi connectivity index (χ2n) is 6.80. The fourth-order valence-corrected chi connectivity index (χ4v) is 3.97. The Hall–Kier alpha value is -1.69. The van der Waals surface area contributed by atoms with E-state index in [1.165, 1.54) is 58.1 Å². The average Bonchev–Trinajstić information content (AvgIpc) is 2.68. The number of rotatable bonds is 11. The third kappa shape index (κ3) is 6.43. The van der Waals surface area contributed by atoms with Crippen molar-refractivity contribution in [2.24, 2.45) is 0 Å². The van der Waals surface area contributed by atoms with E-state index in [-0.39, 0.29) is 5.02 Å². The van der Waals surface area contributed by atoms with Crippen molar-refractivity contribution in [1.29, 1.82) is 0 Å². The summed E-state index contributed by atoms with van der Waals surface area (Å²) in [6.07, 6.45) is -7.61. The number of carbonyl (C=O) groups is 2. The highest BCUT2D eigenvalue weighted by molar-refractivity contribution is 7.56. The summed E-state index contributed by atoms with van der Waals surface area (Å²) < 4.78 is 70.5. The van der Waals surface area contributed by atoms with Gasteiger partial charge >= 0.3 is 25.0 Å². The van der Waals surface area contributed by atoms with E-state index < -0.39 is 55.3 Å². The molecule has 0 spiro atoms. The van der Waals surface area contributed by atoms with Crippen LogP contribution in [0, 0.1) is 0 Å². The van der Waals surface area contributed by atoms with Crippen LogP contribution in [0.25, 0.3) is 0 Å². The lowest BCUT2D eigenvalue weighted by atomic mass is 10.2. The zero-order valence-corrected chi connectivity index (χ0v) is 19.5. The van der Waals surface area contributed by atoms with Gasteiger partial charge in [0, 0.05) is 0 Å². The molecule has 1 N–H and O–H groups in total. The molecular formula is C18H24ClF3NO8P. The predicted octanol–water partition coefficient (Wildman–Crippen LogP) is 4.80. The summed E-state index contributed by atoms with van der Waals surface area (Å²) in [5.74, 6) is -3.68. The zero-order valence-electron chi connectivity index (χ0n) is 17.9. The van der Waals surface area contributed by atoms with Crippen LogP contribution >= 0.6 is 19.2 Å². The van der Waals surface area contributed by atoms with Gasteiger partial charge in [-0.3, -0.25) is 9.36 Å². The molecule has 0 saturated heterocycles. The molecule has 1 atom stereocenters. The van der Waals surface area contributed by atoms with Gasteiger partial charge in [0.05, 0.1) is 29.4 Å². The minimum Gasteiger partial charge on any atom is -0.463 e. The van der Waals surface area contributed by atoms with Gasteiger partial charge in [-0.15, -0.1) is 9.35 Å².